The lowest BCUT2D eigenvalue weighted by Crippen LogP contribution is -2.44. The summed E-state index contributed by atoms with van der Waals surface area (Å²) in [5, 5.41) is 5.23. The summed E-state index contributed by atoms with van der Waals surface area (Å²) in [4.78, 5) is 22.5. The van der Waals surface area contributed by atoms with Gasteiger partial charge < -0.3 is 10.2 Å². The Kier molecular flexibility index (Phi) is 5.16. The van der Waals surface area contributed by atoms with Crippen molar-refractivity contribution in [2.75, 3.05) is 32.1 Å². The van der Waals surface area contributed by atoms with E-state index in [9.17, 15) is 4.79 Å². The van der Waals surface area contributed by atoms with E-state index in [2.05, 4.69) is 33.6 Å². The first kappa shape index (κ1) is 16.9. The van der Waals surface area contributed by atoms with Crippen LogP contribution >= 0.6 is 11.3 Å². The van der Waals surface area contributed by atoms with Crippen LogP contribution in [0.4, 0.5) is 5.82 Å². The van der Waals surface area contributed by atoms with Gasteiger partial charge in [0.15, 0.2) is 0 Å². The van der Waals surface area contributed by atoms with Gasteiger partial charge in [0.1, 0.15) is 5.82 Å². The number of fused-ring (bicyclic) bond motifs is 1. The van der Waals surface area contributed by atoms with Crippen molar-refractivity contribution in [2.45, 2.75) is 25.9 Å². The number of hydrogen-bond acceptors (Lipinski definition) is 5. The van der Waals surface area contributed by atoms with E-state index in [1.807, 2.05) is 36.4 Å². The normalized spacial score (nSPS) is 15.6. The minimum atomic E-state index is -0.0411. The van der Waals surface area contributed by atoms with Gasteiger partial charge in [-0.3, -0.25) is 9.69 Å². The predicted molar refractivity (Wildman–Crippen MR) is 98.8 cm³/mol. The Morgan fingerprint density at radius 1 is 1.46 bits per heavy atom. The second-order valence-electron chi connectivity index (χ2n) is 6.45. The number of aromatic nitrogens is 1. The number of carbonyl (C=O) groups is 1. The maximum atomic E-state index is 12.4. The maximum Gasteiger partial charge on any atom is 0.251 e. The van der Waals surface area contributed by atoms with Gasteiger partial charge in [0.2, 0.25) is 0 Å². The fourth-order valence-electron chi connectivity index (χ4n) is 2.92. The van der Waals surface area contributed by atoms with Crippen molar-refractivity contribution in [3.8, 4) is 0 Å². The summed E-state index contributed by atoms with van der Waals surface area (Å²) in [5.41, 5.74) is 2.09. The fourth-order valence-corrected chi connectivity index (χ4v) is 3.81. The molecule has 0 radical (unpaired) electrons. The van der Waals surface area contributed by atoms with Gasteiger partial charge in [-0.05, 0) is 42.5 Å². The van der Waals surface area contributed by atoms with Crippen molar-refractivity contribution in [3.63, 3.8) is 0 Å². The van der Waals surface area contributed by atoms with Crippen molar-refractivity contribution < 1.29 is 4.79 Å². The number of amides is 1. The molecule has 6 heteroatoms. The third-order valence-electron chi connectivity index (χ3n) is 4.48. The highest BCUT2D eigenvalue weighted by molar-refractivity contribution is 7.10. The van der Waals surface area contributed by atoms with Crippen molar-refractivity contribution in [2.24, 2.45) is 0 Å². The SMILES string of the molecule is C[C@@H](CNC(=O)c1ccnc(N(C)C)c1)N1CCc2sccc2C1. The number of nitrogens with zero attached hydrogens (tertiary/aromatic N) is 3. The van der Waals surface area contributed by atoms with Crippen molar-refractivity contribution >= 4 is 23.1 Å². The molecule has 3 rings (SSSR count). The predicted octanol–water partition coefficient (Wildman–Crippen LogP) is 2.39. The molecular formula is C18H24N4OS. The zero-order chi connectivity index (χ0) is 17.1. The van der Waals surface area contributed by atoms with Gasteiger partial charge in [-0.15, -0.1) is 11.3 Å². The summed E-state index contributed by atoms with van der Waals surface area (Å²) >= 11 is 1.85. The lowest BCUT2D eigenvalue weighted by molar-refractivity contribution is 0.0932. The minimum absolute atomic E-state index is 0.0411. The first-order chi connectivity index (χ1) is 11.5. The number of rotatable bonds is 5. The average Bonchev–Trinajstić information content (AvgIpc) is 3.07. The van der Waals surface area contributed by atoms with E-state index in [-0.39, 0.29) is 5.91 Å². The Balaban J connectivity index is 1.55. The van der Waals surface area contributed by atoms with Crippen LogP contribution in [0.15, 0.2) is 29.8 Å². The number of pyridine rings is 1. The molecule has 24 heavy (non-hydrogen) atoms. The maximum absolute atomic E-state index is 12.4. The molecule has 0 unspecified atom stereocenters. The minimum Gasteiger partial charge on any atom is -0.363 e. The number of nitrogens with one attached hydrogen (secondary N) is 1. The quantitative estimate of drug-likeness (QED) is 0.905. The number of thiophene rings is 1. The fraction of sp³-hybridized carbons (Fsp3) is 0.444. The van der Waals surface area contributed by atoms with Crippen LogP contribution < -0.4 is 10.2 Å². The molecule has 2 aromatic rings. The number of carbonyl (C=O) groups excluding carboxylic acids is 1. The third-order valence-corrected chi connectivity index (χ3v) is 5.51. The van der Waals surface area contributed by atoms with Crippen LogP contribution in [0, 0.1) is 0 Å². The van der Waals surface area contributed by atoms with Crippen LogP contribution in [-0.4, -0.2) is 49.0 Å². The van der Waals surface area contributed by atoms with Gasteiger partial charge in [0, 0.05) is 56.4 Å². The van der Waals surface area contributed by atoms with E-state index < -0.39 is 0 Å². The van der Waals surface area contributed by atoms with Crippen LogP contribution in [0.1, 0.15) is 27.7 Å². The Hall–Kier alpha value is -1.92. The highest BCUT2D eigenvalue weighted by Gasteiger charge is 2.21. The van der Waals surface area contributed by atoms with E-state index in [1.54, 1.807) is 12.3 Å². The molecule has 0 spiro atoms. The first-order valence-electron chi connectivity index (χ1n) is 8.25. The molecule has 1 atom stereocenters. The number of hydrogen-bond donors (Lipinski definition) is 1. The largest absolute Gasteiger partial charge is 0.363 e. The van der Waals surface area contributed by atoms with Crippen molar-refractivity contribution in [1.82, 2.24) is 15.2 Å². The zero-order valence-corrected chi connectivity index (χ0v) is 15.3. The molecule has 1 aliphatic rings. The Morgan fingerprint density at radius 2 is 2.29 bits per heavy atom. The van der Waals surface area contributed by atoms with Gasteiger partial charge in [-0.2, -0.15) is 0 Å². The van der Waals surface area contributed by atoms with Crippen LogP contribution in [-0.2, 0) is 13.0 Å². The van der Waals surface area contributed by atoms with E-state index >= 15 is 0 Å². The van der Waals surface area contributed by atoms with E-state index in [1.165, 1.54) is 10.4 Å². The topological polar surface area (TPSA) is 48.5 Å². The lowest BCUT2D eigenvalue weighted by Gasteiger charge is -2.32. The van der Waals surface area contributed by atoms with Gasteiger partial charge in [0.25, 0.3) is 5.91 Å². The summed E-state index contributed by atoms with van der Waals surface area (Å²) in [6.07, 6.45) is 2.79. The lowest BCUT2D eigenvalue weighted by atomic mass is 10.1. The van der Waals surface area contributed by atoms with Gasteiger partial charge in [-0.1, -0.05) is 0 Å². The Labute approximate surface area is 147 Å². The van der Waals surface area contributed by atoms with E-state index in [0.717, 1.165) is 25.3 Å². The summed E-state index contributed by atoms with van der Waals surface area (Å²) in [6.45, 7) is 4.87. The standard InChI is InChI=1S/C18H24N4OS/c1-13(22-8-5-16-15(12-22)6-9-24-16)11-20-18(23)14-4-7-19-17(10-14)21(2)3/h4,6-7,9-10,13H,5,8,11-12H2,1-3H3,(H,20,23)/t13-/m0/s1. The highest BCUT2D eigenvalue weighted by Crippen LogP contribution is 2.25. The summed E-state index contributed by atoms with van der Waals surface area (Å²) in [7, 11) is 3.84. The molecule has 0 saturated heterocycles. The van der Waals surface area contributed by atoms with Crippen molar-refractivity contribution in [3.05, 3.63) is 45.8 Å². The second kappa shape index (κ2) is 7.32. The molecule has 1 N–H and O–H groups in total. The highest BCUT2D eigenvalue weighted by atomic mass is 32.1. The molecular weight excluding hydrogens is 320 g/mol. The molecule has 0 aliphatic carbocycles. The summed E-state index contributed by atoms with van der Waals surface area (Å²) in [6, 6.07) is 6.11. The van der Waals surface area contributed by atoms with Crippen LogP contribution in [0.25, 0.3) is 0 Å². The number of anilines is 1. The third kappa shape index (κ3) is 3.76. The molecule has 1 amide bonds. The average molecular weight is 344 g/mol. The molecule has 3 heterocycles. The van der Waals surface area contributed by atoms with Crippen LogP contribution in [0.5, 0.6) is 0 Å². The van der Waals surface area contributed by atoms with Crippen molar-refractivity contribution in [1.29, 1.82) is 0 Å². The van der Waals surface area contributed by atoms with E-state index in [0.29, 0.717) is 18.2 Å². The zero-order valence-electron chi connectivity index (χ0n) is 14.5. The monoisotopic (exact) mass is 344 g/mol. The van der Waals surface area contributed by atoms with Crippen LogP contribution in [0.3, 0.4) is 0 Å². The van der Waals surface area contributed by atoms with Gasteiger partial charge in [0.05, 0.1) is 0 Å². The van der Waals surface area contributed by atoms with Gasteiger partial charge in [-0.25, -0.2) is 4.98 Å². The molecule has 0 aromatic carbocycles. The molecule has 2 aromatic heterocycles. The molecule has 0 saturated carbocycles. The molecule has 1 aliphatic heterocycles. The Bertz CT molecular complexity index is 713. The van der Waals surface area contributed by atoms with E-state index in [4.69, 9.17) is 0 Å². The summed E-state index contributed by atoms with van der Waals surface area (Å²) < 4.78 is 0. The molecule has 128 valence electrons. The molecule has 5 nitrogen and oxygen atoms in total. The van der Waals surface area contributed by atoms with Crippen LogP contribution in [0.2, 0.25) is 0 Å². The second-order valence-corrected chi connectivity index (χ2v) is 7.45. The molecule has 0 bridgehead atoms. The van der Waals surface area contributed by atoms with Gasteiger partial charge >= 0.3 is 0 Å². The summed E-state index contributed by atoms with van der Waals surface area (Å²) in [5.74, 6) is 0.747. The first-order valence-corrected chi connectivity index (χ1v) is 9.13. The Morgan fingerprint density at radius 3 is 3.08 bits per heavy atom. The smallest absolute Gasteiger partial charge is 0.251 e. The molecule has 0 fully saturated rings.